The van der Waals surface area contributed by atoms with Crippen LogP contribution in [0.25, 0.3) is 16.8 Å². The van der Waals surface area contributed by atoms with E-state index in [1.807, 2.05) is 19.1 Å². The average molecular weight is 381 g/mol. The molecule has 2 heterocycles. The molecule has 0 amide bonds. The topological polar surface area (TPSA) is 109 Å². The third-order valence-corrected chi connectivity index (χ3v) is 5.46. The van der Waals surface area contributed by atoms with Crippen molar-refractivity contribution in [2.75, 3.05) is 4.72 Å². The maximum Gasteiger partial charge on any atom is 0.318 e. The number of anilines is 1. The Labute approximate surface area is 155 Å². The lowest BCUT2D eigenvalue weighted by Crippen LogP contribution is -2.12. The maximum absolute atomic E-state index is 12.6. The van der Waals surface area contributed by atoms with Crippen LogP contribution in [0.15, 0.2) is 66.0 Å². The predicted molar refractivity (Wildman–Crippen MR) is 99.9 cm³/mol. The first kappa shape index (κ1) is 17.0. The van der Waals surface area contributed by atoms with E-state index in [-0.39, 0.29) is 10.9 Å². The Morgan fingerprint density at radius 2 is 1.70 bits per heavy atom. The zero-order valence-electron chi connectivity index (χ0n) is 14.2. The number of benzene rings is 2. The van der Waals surface area contributed by atoms with Crippen molar-refractivity contribution in [1.82, 2.24) is 19.6 Å². The van der Waals surface area contributed by atoms with Gasteiger partial charge in [0.2, 0.25) is 0 Å². The van der Waals surface area contributed by atoms with Gasteiger partial charge in [0, 0.05) is 11.3 Å². The van der Waals surface area contributed by atoms with E-state index in [0.29, 0.717) is 16.9 Å². The minimum absolute atomic E-state index is 0.140. The van der Waals surface area contributed by atoms with Gasteiger partial charge in [-0.15, -0.1) is 0 Å². The van der Waals surface area contributed by atoms with Crippen molar-refractivity contribution >= 4 is 21.4 Å². The summed E-state index contributed by atoms with van der Waals surface area (Å²) in [5, 5.41) is 13.7. The molecular formula is C18H15N5O3S. The van der Waals surface area contributed by atoms with Gasteiger partial charge < -0.3 is 5.11 Å². The van der Waals surface area contributed by atoms with E-state index < -0.39 is 10.0 Å². The number of sulfonamides is 1. The van der Waals surface area contributed by atoms with Crippen molar-refractivity contribution in [2.45, 2.75) is 11.8 Å². The molecule has 0 aliphatic carbocycles. The van der Waals surface area contributed by atoms with Crippen molar-refractivity contribution in [3.63, 3.8) is 0 Å². The van der Waals surface area contributed by atoms with Crippen molar-refractivity contribution in [2.24, 2.45) is 0 Å². The van der Waals surface area contributed by atoms with Crippen LogP contribution in [0.2, 0.25) is 0 Å². The summed E-state index contributed by atoms with van der Waals surface area (Å²) in [4.78, 5) is 7.91. The molecule has 0 spiro atoms. The second-order valence-electron chi connectivity index (χ2n) is 5.96. The van der Waals surface area contributed by atoms with Crippen LogP contribution in [0.4, 0.5) is 5.69 Å². The lowest BCUT2D eigenvalue weighted by atomic mass is 10.1. The minimum Gasteiger partial charge on any atom is -0.479 e. The highest BCUT2D eigenvalue weighted by Gasteiger charge is 2.16. The third kappa shape index (κ3) is 3.20. The van der Waals surface area contributed by atoms with Crippen LogP contribution in [0, 0.1) is 6.92 Å². The number of aromatic nitrogens is 4. The summed E-state index contributed by atoms with van der Waals surface area (Å²) in [5.41, 5.74) is 3.35. The Bertz CT molecular complexity index is 1220. The molecule has 0 bridgehead atoms. The first-order valence-corrected chi connectivity index (χ1v) is 9.50. The summed E-state index contributed by atoms with van der Waals surface area (Å²) in [6.07, 6.45) is 2.78. The number of nitrogens with zero attached hydrogens (tertiary/aromatic N) is 4. The Balaban J connectivity index is 1.65. The highest BCUT2D eigenvalue weighted by atomic mass is 32.2. The largest absolute Gasteiger partial charge is 0.479 e. The summed E-state index contributed by atoms with van der Waals surface area (Å²) >= 11 is 0. The molecule has 8 nitrogen and oxygen atoms in total. The summed E-state index contributed by atoms with van der Waals surface area (Å²) in [6, 6.07) is 13.2. The Hall–Kier alpha value is -3.46. The molecule has 0 saturated carbocycles. The fourth-order valence-electron chi connectivity index (χ4n) is 2.66. The molecule has 0 atom stereocenters. The molecule has 4 aromatic rings. The van der Waals surface area contributed by atoms with Gasteiger partial charge in [-0.25, -0.2) is 13.4 Å². The molecule has 0 aliphatic rings. The van der Waals surface area contributed by atoms with Gasteiger partial charge in [-0.2, -0.15) is 14.6 Å². The van der Waals surface area contributed by atoms with Crippen LogP contribution in [0.5, 0.6) is 6.01 Å². The molecule has 0 fully saturated rings. The van der Waals surface area contributed by atoms with Crippen LogP contribution >= 0.6 is 0 Å². The molecule has 9 heteroatoms. The van der Waals surface area contributed by atoms with Gasteiger partial charge in [0.25, 0.3) is 10.0 Å². The normalized spacial score (nSPS) is 11.6. The average Bonchev–Trinajstić information content (AvgIpc) is 3.09. The number of fused-ring (bicyclic) bond motifs is 1. The predicted octanol–water partition coefficient (Wildman–Crippen LogP) is 2.61. The van der Waals surface area contributed by atoms with Gasteiger partial charge in [0.15, 0.2) is 5.65 Å². The number of nitrogens with one attached hydrogen (secondary N) is 1. The molecule has 27 heavy (non-hydrogen) atoms. The lowest BCUT2D eigenvalue weighted by Gasteiger charge is -2.09. The van der Waals surface area contributed by atoms with E-state index in [0.717, 1.165) is 11.1 Å². The SMILES string of the molecule is Cc1ccc(NS(=O)(=O)c2ccc(-c3cnn4c(O)ncnc34)cc2)cc1. The number of aryl methyl sites for hydroxylation is 1. The summed E-state index contributed by atoms with van der Waals surface area (Å²) in [6.45, 7) is 1.93. The quantitative estimate of drug-likeness (QED) is 0.562. The molecule has 4 rings (SSSR count). The van der Waals surface area contributed by atoms with Crippen LogP contribution < -0.4 is 4.72 Å². The summed E-state index contributed by atoms with van der Waals surface area (Å²) in [7, 11) is -3.70. The first-order chi connectivity index (χ1) is 12.9. The molecule has 136 valence electrons. The molecule has 2 aromatic heterocycles. The van der Waals surface area contributed by atoms with Crippen LogP contribution in [0.1, 0.15) is 5.56 Å². The number of hydrogen-bond acceptors (Lipinski definition) is 6. The lowest BCUT2D eigenvalue weighted by molar-refractivity contribution is 0.411. The standard InChI is InChI=1S/C18H15N5O3S/c1-12-2-6-14(7-3-12)22-27(25,26)15-8-4-13(5-9-15)16-10-21-23-17(16)19-11-20-18(23)24/h2-11,22H,1H3,(H,19,20,24). The fraction of sp³-hybridized carbons (Fsp3) is 0.0556. The Kier molecular flexibility index (Phi) is 4.00. The zero-order chi connectivity index (χ0) is 19.0. The monoisotopic (exact) mass is 381 g/mol. The zero-order valence-corrected chi connectivity index (χ0v) is 15.1. The molecule has 0 aliphatic heterocycles. The van der Waals surface area contributed by atoms with E-state index >= 15 is 0 Å². The van der Waals surface area contributed by atoms with Crippen molar-refractivity contribution in [3.05, 3.63) is 66.6 Å². The number of hydrogen-bond donors (Lipinski definition) is 2. The van der Waals surface area contributed by atoms with Crippen molar-refractivity contribution in [1.29, 1.82) is 0 Å². The second-order valence-corrected chi connectivity index (χ2v) is 7.65. The Morgan fingerprint density at radius 3 is 2.41 bits per heavy atom. The molecule has 2 N–H and O–H groups in total. The molecular weight excluding hydrogens is 366 g/mol. The van der Waals surface area contributed by atoms with Gasteiger partial charge in [-0.05, 0) is 36.8 Å². The third-order valence-electron chi connectivity index (χ3n) is 4.07. The van der Waals surface area contributed by atoms with Gasteiger partial charge in [0.05, 0.1) is 11.1 Å². The van der Waals surface area contributed by atoms with Crippen LogP contribution in [0.3, 0.4) is 0 Å². The van der Waals surface area contributed by atoms with Crippen LogP contribution in [-0.4, -0.2) is 33.1 Å². The smallest absolute Gasteiger partial charge is 0.318 e. The van der Waals surface area contributed by atoms with Gasteiger partial charge in [-0.1, -0.05) is 29.8 Å². The maximum atomic E-state index is 12.6. The highest BCUT2D eigenvalue weighted by Crippen LogP contribution is 2.26. The van der Waals surface area contributed by atoms with E-state index in [1.54, 1.807) is 24.3 Å². The van der Waals surface area contributed by atoms with Gasteiger partial charge >= 0.3 is 6.01 Å². The highest BCUT2D eigenvalue weighted by molar-refractivity contribution is 7.92. The molecule has 0 unspecified atom stereocenters. The van der Waals surface area contributed by atoms with E-state index in [4.69, 9.17) is 0 Å². The summed E-state index contributed by atoms with van der Waals surface area (Å²) in [5.74, 6) is 0. The number of aromatic hydroxyl groups is 1. The van der Waals surface area contributed by atoms with Gasteiger partial charge in [-0.3, -0.25) is 4.72 Å². The first-order valence-electron chi connectivity index (χ1n) is 8.02. The van der Waals surface area contributed by atoms with E-state index in [9.17, 15) is 13.5 Å². The minimum atomic E-state index is -3.70. The molecule has 2 aromatic carbocycles. The van der Waals surface area contributed by atoms with Crippen LogP contribution in [-0.2, 0) is 10.0 Å². The van der Waals surface area contributed by atoms with Gasteiger partial charge in [0.1, 0.15) is 6.33 Å². The summed E-state index contributed by atoms with van der Waals surface area (Å²) < 4.78 is 28.9. The second kappa shape index (κ2) is 6.36. The number of rotatable bonds is 4. The fourth-order valence-corrected chi connectivity index (χ4v) is 3.71. The molecule has 0 saturated heterocycles. The van der Waals surface area contributed by atoms with Crippen molar-refractivity contribution < 1.29 is 13.5 Å². The van der Waals surface area contributed by atoms with Crippen molar-refractivity contribution in [3.8, 4) is 17.1 Å². The van der Waals surface area contributed by atoms with E-state index in [2.05, 4.69) is 19.8 Å². The van der Waals surface area contributed by atoms with E-state index in [1.165, 1.54) is 29.2 Å². The Morgan fingerprint density at radius 1 is 1.00 bits per heavy atom. The molecule has 0 radical (unpaired) electrons.